The predicted octanol–water partition coefficient (Wildman–Crippen LogP) is 9.47. The zero-order valence-electron chi connectivity index (χ0n) is 42.7. The Kier molecular flexibility index (Phi) is 19.1. The van der Waals surface area contributed by atoms with Gasteiger partial charge in [-0.1, -0.05) is 39.3 Å². The molecular weight excluding hydrogens is 1030 g/mol. The fraction of sp³-hybridized carbons (Fsp3) is 0.429. The van der Waals surface area contributed by atoms with Crippen molar-refractivity contribution in [2.24, 2.45) is 0 Å². The van der Waals surface area contributed by atoms with E-state index in [0.717, 1.165) is 23.2 Å². The van der Waals surface area contributed by atoms with Gasteiger partial charge < -0.3 is 38.7 Å². The molecule has 386 valence electrons. The van der Waals surface area contributed by atoms with Gasteiger partial charge in [-0.05, 0) is 79.1 Å². The number of fused-ring (bicyclic) bond motifs is 4. The number of rotatable bonds is 19. The summed E-state index contributed by atoms with van der Waals surface area (Å²) in [7, 11) is 0.829. The number of nitrogens with one attached hydrogen (secondary N) is 4. The van der Waals surface area contributed by atoms with E-state index in [2.05, 4.69) is 101 Å². The van der Waals surface area contributed by atoms with Crippen LogP contribution < -0.4 is 10.6 Å². The molecule has 23 heteroatoms. The molecule has 0 bridgehead atoms. The number of carbonyl (C=O) groups excluding carboxylic acids is 2. The maximum atomic E-state index is 13.6. The molecule has 0 aliphatic rings. The first-order valence-corrected chi connectivity index (χ1v) is 31.7. The van der Waals surface area contributed by atoms with Crippen molar-refractivity contribution >= 4 is 88.0 Å². The number of carbonyl (C=O) groups is 2. The number of H-pyrrole nitrogens is 2. The van der Waals surface area contributed by atoms with Crippen LogP contribution in [0.3, 0.4) is 0 Å². The van der Waals surface area contributed by atoms with E-state index < -0.39 is 16.1 Å². The lowest BCUT2D eigenvalue weighted by molar-refractivity contribution is 0.0874. The van der Waals surface area contributed by atoms with Crippen molar-refractivity contribution in [3.05, 3.63) is 94.2 Å². The lowest BCUT2D eigenvalue weighted by Crippen LogP contribution is -2.35. The lowest BCUT2D eigenvalue weighted by Gasteiger charge is -2.15. The Bertz CT molecular complexity index is 3110. The van der Waals surface area contributed by atoms with Gasteiger partial charge in [-0.15, -0.1) is 0 Å². The predicted molar refractivity (Wildman–Crippen MR) is 284 cm³/mol. The van der Waals surface area contributed by atoms with Crippen LogP contribution in [0.5, 0.6) is 0 Å². The summed E-state index contributed by atoms with van der Waals surface area (Å²) in [6, 6.07) is 10.8. The van der Waals surface area contributed by atoms with E-state index in [1.54, 1.807) is 55.7 Å². The van der Waals surface area contributed by atoms with E-state index >= 15 is 0 Å². The van der Waals surface area contributed by atoms with E-state index in [0.29, 0.717) is 99.0 Å². The first-order valence-electron chi connectivity index (χ1n) is 23.5. The average Bonchev–Trinajstić information content (AvgIpc) is 4.09. The molecule has 6 heterocycles. The summed E-state index contributed by atoms with van der Waals surface area (Å²) in [5.74, 6) is -1.08. The summed E-state index contributed by atoms with van der Waals surface area (Å²) in [5.41, 5.74) is 6.25. The molecule has 0 saturated heterocycles. The van der Waals surface area contributed by atoms with Crippen LogP contribution in [0.2, 0.25) is 51.4 Å². The minimum Gasteiger partial charge on any atom is -0.383 e. The summed E-state index contributed by atoms with van der Waals surface area (Å²) in [6.45, 7) is 22.3. The van der Waals surface area contributed by atoms with Gasteiger partial charge in [0.1, 0.15) is 52.1 Å². The van der Waals surface area contributed by atoms with Crippen LogP contribution in [-0.2, 0) is 32.4 Å². The molecule has 0 aliphatic carbocycles. The largest absolute Gasteiger partial charge is 0.383 e. The van der Waals surface area contributed by atoms with Crippen molar-refractivity contribution in [1.29, 1.82) is 0 Å². The highest BCUT2D eigenvalue weighted by molar-refractivity contribution is 9.10. The van der Waals surface area contributed by atoms with Gasteiger partial charge in [-0.2, -0.15) is 10.2 Å². The van der Waals surface area contributed by atoms with Crippen LogP contribution in [-0.4, -0.2) is 130 Å². The number of ether oxygens (including phenoxy) is 4. The summed E-state index contributed by atoms with van der Waals surface area (Å²) in [5, 5.41) is 21.4. The molecule has 2 atom stereocenters. The van der Waals surface area contributed by atoms with Crippen LogP contribution in [0.4, 0.5) is 8.78 Å². The molecule has 0 spiro atoms. The second-order valence-corrected chi connectivity index (χ2v) is 32.0. The maximum absolute atomic E-state index is 13.6. The third-order valence-electron chi connectivity index (χ3n) is 11.1. The second-order valence-electron chi connectivity index (χ2n) is 19.9. The topological polar surface area (TPSA) is 214 Å². The van der Waals surface area contributed by atoms with Crippen LogP contribution in [0.25, 0.3) is 55.5 Å². The van der Waals surface area contributed by atoms with Crippen molar-refractivity contribution in [3.8, 4) is 11.4 Å². The summed E-state index contributed by atoms with van der Waals surface area (Å²) < 4.78 is 52.4. The van der Waals surface area contributed by atoms with Crippen molar-refractivity contribution in [3.63, 3.8) is 0 Å². The average molecular weight is 1090 g/mol. The summed E-state index contributed by atoms with van der Waals surface area (Å²) in [6.07, 6.45) is 6.70. The van der Waals surface area contributed by atoms with Crippen molar-refractivity contribution in [2.45, 2.75) is 97.7 Å². The summed E-state index contributed by atoms with van der Waals surface area (Å²) >= 11 is 3.33. The maximum Gasteiger partial charge on any atom is 0.255 e. The van der Waals surface area contributed by atoms with Crippen LogP contribution in [0.15, 0.2) is 65.8 Å². The Labute approximate surface area is 427 Å². The minimum absolute atomic E-state index is 0.0981. The third-order valence-corrected chi connectivity index (χ3v) is 14.9. The van der Waals surface area contributed by atoms with Gasteiger partial charge >= 0.3 is 0 Å². The first-order chi connectivity index (χ1) is 34.1. The van der Waals surface area contributed by atoms with Gasteiger partial charge in [0.15, 0.2) is 11.3 Å². The number of aromatic amines is 2. The second kappa shape index (κ2) is 24.7. The Hall–Kier alpha value is -5.83. The lowest BCUT2D eigenvalue weighted by atomic mass is 10.1. The summed E-state index contributed by atoms with van der Waals surface area (Å²) in [4.78, 5) is 43.9. The van der Waals surface area contributed by atoms with Crippen LogP contribution >= 0.6 is 15.9 Å². The van der Waals surface area contributed by atoms with Gasteiger partial charge in [0, 0.05) is 90.6 Å². The molecule has 0 fully saturated rings. The Morgan fingerprint density at radius 3 is 1.78 bits per heavy atom. The number of halogens is 3. The van der Waals surface area contributed by atoms with E-state index in [9.17, 15) is 18.4 Å². The fourth-order valence-corrected chi connectivity index (χ4v) is 9.09. The third kappa shape index (κ3) is 15.1. The number of amides is 2. The molecule has 2 amide bonds. The van der Waals surface area contributed by atoms with E-state index in [1.165, 1.54) is 24.3 Å². The Morgan fingerprint density at radius 1 is 0.722 bits per heavy atom. The molecule has 4 N–H and O–H groups in total. The normalized spacial score (nSPS) is 12.7. The monoisotopic (exact) mass is 1090 g/mol. The first kappa shape index (κ1) is 55.5. The molecular formula is C49H65BrF2N12O6Si2. The molecule has 18 nitrogen and oxygen atoms in total. The van der Waals surface area contributed by atoms with Crippen LogP contribution in [0.1, 0.15) is 40.3 Å². The molecule has 6 aromatic heterocycles. The zero-order valence-corrected chi connectivity index (χ0v) is 46.3. The van der Waals surface area contributed by atoms with E-state index in [1.807, 2.05) is 25.3 Å². The van der Waals surface area contributed by atoms with Crippen molar-refractivity contribution in [2.75, 3.05) is 40.6 Å². The smallest absolute Gasteiger partial charge is 0.255 e. The zero-order chi connectivity index (χ0) is 52.3. The SMILES string of the molecule is COC[C@H](C)NC(=O)c1cn(COCC[Si](C)(C)C)c2ncc(-c3n[nH]c4cc(F)ccc34)nc12.COC[C@H](C)NC(=O)c1cn(COCC[Si](C)(C)C)c2ncc(Br)nc12.Cc1[nH]nc2cc(F)ccc12. The highest BCUT2D eigenvalue weighted by Gasteiger charge is 2.23. The number of aromatic nitrogens is 10. The van der Waals surface area contributed by atoms with Gasteiger partial charge in [-0.25, -0.2) is 28.7 Å². The Morgan fingerprint density at radius 2 is 1.24 bits per heavy atom. The molecule has 8 rings (SSSR count). The molecule has 0 saturated carbocycles. The standard InChI is InChI=1S/C24H31FN6O3Si.C17H27BrN4O3Si.C8H7FN2/c1-15(13-33-2)27-24(32)18-12-31(14-34-8-9-35(3,4)5)23-22(18)28-20(11-26-23)21-17-7-6-16(25)10-19(17)29-30-21;1-12(10-24-2)20-17(23)13-9-22(11-25-6-7-26(3,4)5)16-15(13)21-14(18)8-19-16;1-5-7-3-2-6(9)4-8(7)11-10-5/h6-7,10-12,15H,8-9,13-14H2,1-5H3,(H,27,32)(H,29,30);8-9,12H,6-7,10-11H2,1-5H3,(H,20,23);2-4H,1H3,(H,10,11)/t15-;12-;/m00./s1. The number of nitrogens with zero attached hydrogens (tertiary/aromatic N) is 8. The number of hydrogen-bond donors (Lipinski definition) is 4. The fourth-order valence-electron chi connectivity index (χ4n) is 7.30. The number of benzene rings is 2. The highest BCUT2D eigenvalue weighted by atomic mass is 79.9. The molecule has 2 aromatic carbocycles. The van der Waals surface area contributed by atoms with Crippen LogP contribution in [0, 0.1) is 18.6 Å². The van der Waals surface area contributed by atoms with E-state index in [-0.39, 0.29) is 42.3 Å². The molecule has 0 radical (unpaired) electrons. The molecule has 8 aromatic rings. The van der Waals surface area contributed by atoms with Gasteiger partial charge in [0.05, 0.1) is 47.8 Å². The van der Waals surface area contributed by atoms with E-state index in [4.69, 9.17) is 23.9 Å². The number of hydrogen-bond acceptors (Lipinski definition) is 12. The van der Waals surface area contributed by atoms with Gasteiger partial charge in [0.2, 0.25) is 0 Å². The number of methoxy groups -OCH3 is 2. The molecule has 0 aliphatic heterocycles. The quantitative estimate of drug-likeness (QED) is 0.0440. The van der Waals surface area contributed by atoms with Gasteiger partial charge in [0.25, 0.3) is 11.8 Å². The molecule has 72 heavy (non-hydrogen) atoms. The van der Waals surface area contributed by atoms with Crippen molar-refractivity contribution in [1.82, 2.24) is 60.1 Å². The minimum atomic E-state index is -1.22. The van der Waals surface area contributed by atoms with Gasteiger partial charge in [-0.3, -0.25) is 19.8 Å². The molecule has 0 unspecified atom stereocenters. The Balaban J connectivity index is 0.000000199. The number of aryl methyl sites for hydroxylation is 1. The van der Waals surface area contributed by atoms with Crippen molar-refractivity contribution < 1.29 is 37.3 Å². The highest BCUT2D eigenvalue weighted by Crippen LogP contribution is 2.28.